The second-order valence-corrected chi connectivity index (χ2v) is 5.44. The van der Waals surface area contributed by atoms with Crippen LogP contribution in [0, 0.1) is 0 Å². The maximum atomic E-state index is 11.9. The number of nitrogens with zero attached hydrogens (tertiary/aromatic N) is 1. The monoisotopic (exact) mass is 363 g/mol. The van der Waals surface area contributed by atoms with E-state index in [1.807, 2.05) is 0 Å². The van der Waals surface area contributed by atoms with Crippen LogP contribution in [0.1, 0.15) is 0 Å². The Morgan fingerprint density at radius 3 is 1.95 bits per heavy atom. The van der Waals surface area contributed by atoms with E-state index in [1.54, 1.807) is 0 Å². The molecule has 0 aliphatic rings. The van der Waals surface area contributed by atoms with Crippen molar-refractivity contribution in [3.05, 3.63) is 27.2 Å². The molecule has 106 valence electrons. The molecule has 0 N–H and O–H groups in total. The van der Waals surface area contributed by atoms with Crippen LogP contribution in [0.15, 0.2) is 12.1 Å². The molecule has 0 radical (unpaired) electrons. The number of alkyl halides is 2. The second kappa shape index (κ2) is 8.28. The van der Waals surface area contributed by atoms with E-state index in [2.05, 4.69) is 0 Å². The molecule has 0 heterocycles. The number of hydrogen-bond donors (Lipinski definition) is 0. The Morgan fingerprint density at radius 1 is 1.05 bits per heavy atom. The normalized spacial score (nSPS) is 10.4. The van der Waals surface area contributed by atoms with E-state index in [-0.39, 0.29) is 27.6 Å². The average Bonchev–Trinajstić information content (AvgIpc) is 2.33. The number of carbonyl (C=O) groups is 1. The van der Waals surface area contributed by atoms with Crippen LogP contribution in [0.5, 0.6) is 5.75 Å². The molecule has 0 fully saturated rings. The van der Waals surface area contributed by atoms with Crippen molar-refractivity contribution < 1.29 is 9.53 Å². The summed E-state index contributed by atoms with van der Waals surface area (Å²) in [6.07, 6.45) is -0.618. The molecule has 0 aliphatic carbocycles. The number of benzene rings is 1. The van der Waals surface area contributed by atoms with Crippen molar-refractivity contribution in [3.8, 4) is 5.75 Å². The number of rotatable bonds is 5. The van der Waals surface area contributed by atoms with Crippen LogP contribution in [-0.4, -0.2) is 35.8 Å². The summed E-state index contributed by atoms with van der Waals surface area (Å²) < 4.78 is 5.15. The van der Waals surface area contributed by atoms with Crippen molar-refractivity contribution in [1.82, 2.24) is 4.90 Å². The van der Waals surface area contributed by atoms with Gasteiger partial charge in [-0.15, -0.1) is 23.2 Å². The summed E-state index contributed by atoms with van der Waals surface area (Å²) in [5.41, 5.74) is 0. The van der Waals surface area contributed by atoms with Crippen LogP contribution < -0.4 is 4.74 Å². The third-order valence-electron chi connectivity index (χ3n) is 2.12. The quantitative estimate of drug-likeness (QED) is 0.693. The SMILES string of the molecule is O=C(Oc1c(Cl)cc(Cl)cc1Cl)N(CCCl)CCCl. The van der Waals surface area contributed by atoms with Gasteiger partial charge in [-0.2, -0.15) is 0 Å². The Hall–Kier alpha value is -0.0600. The highest BCUT2D eigenvalue weighted by atomic mass is 35.5. The molecule has 0 bridgehead atoms. The zero-order valence-electron chi connectivity index (χ0n) is 9.64. The molecule has 1 aromatic rings. The molecule has 1 aromatic carbocycles. The van der Waals surface area contributed by atoms with Crippen molar-refractivity contribution in [3.63, 3.8) is 0 Å². The number of ether oxygens (including phenoxy) is 1. The smallest absolute Gasteiger partial charge is 0.407 e. The molecule has 3 nitrogen and oxygen atoms in total. The van der Waals surface area contributed by atoms with Gasteiger partial charge in [0.2, 0.25) is 0 Å². The van der Waals surface area contributed by atoms with E-state index in [0.717, 1.165) is 0 Å². The third-order valence-corrected chi connectivity index (χ3v) is 3.24. The fraction of sp³-hybridized carbons (Fsp3) is 0.364. The molecule has 19 heavy (non-hydrogen) atoms. The minimum absolute atomic E-state index is 0.0619. The fourth-order valence-corrected chi connectivity index (χ4v) is 2.58. The Labute approximate surface area is 136 Å². The average molecular weight is 365 g/mol. The molecule has 0 unspecified atom stereocenters. The van der Waals surface area contributed by atoms with Crippen molar-refractivity contribution >= 4 is 64.1 Å². The zero-order valence-corrected chi connectivity index (χ0v) is 13.4. The summed E-state index contributed by atoms with van der Waals surface area (Å²) in [5.74, 6) is 0.606. The van der Waals surface area contributed by atoms with Crippen molar-refractivity contribution in [2.75, 3.05) is 24.8 Å². The van der Waals surface area contributed by atoms with Gasteiger partial charge in [-0.1, -0.05) is 34.8 Å². The third kappa shape index (κ3) is 5.09. The first kappa shape index (κ1) is 17.0. The van der Waals surface area contributed by atoms with Crippen LogP contribution in [0.4, 0.5) is 4.79 Å². The Kier molecular flexibility index (Phi) is 7.40. The minimum atomic E-state index is -0.618. The van der Waals surface area contributed by atoms with Crippen LogP contribution in [0.25, 0.3) is 0 Å². The largest absolute Gasteiger partial charge is 0.415 e. The Balaban J connectivity index is 2.86. The summed E-state index contributed by atoms with van der Waals surface area (Å²) in [5, 5.41) is 0.665. The van der Waals surface area contributed by atoms with E-state index in [0.29, 0.717) is 18.1 Å². The van der Waals surface area contributed by atoms with Gasteiger partial charge in [-0.25, -0.2) is 4.79 Å². The summed E-state index contributed by atoms with van der Waals surface area (Å²) in [6, 6.07) is 2.87. The molecule has 0 aromatic heterocycles. The number of carbonyl (C=O) groups excluding carboxylic acids is 1. The Bertz CT molecular complexity index is 426. The highest BCUT2D eigenvalue weighted by molar-refractivity contribution is 6.40. The molecule has 0 spiro atoms. The molecule has 0 saturated heterocycles. The van der Waals surface area contributed by atoms with Gasteiger partial charge in [0, 0.05) is 29.9 Å². The lowest BCUT2D eigenvalue weighted by Crippen LogP contribution is -2.36. The predicted molar refractivity (Wildman–Crippen MR) is 80.5 cm³/mol. The second-order valence-electron chi connectivity index (χ2n) is 3.43. The van der Waals surface area contributed by atoms with Crippen molar-refractivity contribution in [2.45, 2.75) is 0 Å². The standard InChI is InChI=1S/C11H10Cl5NO2/c12-1-3-17(4-2-13)11(18)19-10-8(15)5-7(14)6-9(10)16/h5-6H,1-4H2. The van der Waals surface area contributed by atoms with Crippen LogP contribution in [0.2, 0.25) is 15.1 Å². The van der Waals surface area contributed by atoms with Crippen molar-refractivity contribution in [2.24, 2.45) is 0 Å². The topological polar surface area (TPSA) is 29.5 Å². The highest BCUT2D eigenvalue weighted by Gasteiger charge is 2.18. The summed E-state index contributed by atoms with van der Waals surface area (Å²) >= 11 is 28.8. The van der Waals surface area contributed by atoms with Gasteiger partial charge in [0.15, 0.2) is 5.75 Å². The van der Waals surface area contributed by atoms with Gasteiger partial charge >= 0.3 is 6.09 Å². The molecule has 1 amide bonds. The molecular weight excluding hydrogens is 355 g/mol. The Morgan fingerprint density at radius 2 is 1.53 bits per heavy atom. The van der Waals surface area contributed by atoms with E-state index in [9.17, 15) is 4.79 Å². The van der Waals surface area contributed by atoms with E-state index in [1.165, 1.54) is 17.0 Å². The summed E-state index contributed by atoms with van der Waals surface area (Å²) in [7, 11) is 0. The van der Waals surface area contributed by atoms with Crippen molar-refractivity contribution in [1.29, 1.82) is 0 Å². The number of amides is 1. The van der Waals surface area contributed by atoms with E-state index in [4.69, 9.17) is 62.7 Å². The van der Waals surface area contributed by atoms with Gasteiger partial charge in [-0.05, 0) is 12.1 Å². The zero-order chi connectivity index (χ0) is 14.4. The first-order chi connectivity index (χ1) is 8.99. The van der Waals surface area contributed by atoms with E-state index < -0.39 is 6.09 Å². The molecule has 1 rings (SSSR count). The van der Waals surface area contributed by atoms with Gasteiger partial charge in [0.05, 0.1) is 10.0 Å². The molecule has 0 atom stereocenters. The lowest BCUT2D eigenvalue weighted by Gasteiger charge is -2.20. The highest BCUT2D eigenvalue weighted by Crippen LogP contribution is 2.36. The van der Waals surface area contributed by atoms with Crippen LogP contribution >= 0.6 is 58.0 Å². The molecule has 8 heteroatoms. The lowest BCUT2D eigenvalue weighted by molar-refractivity contribution is 0.158. The number of halogens is 5. The maximum absolute atomic E-state index is 11.9. The van der Waals surface area contributed by atoms with Gasteiger partial charge < -0.3 is 9.64 Å². The number of hydrogen-bond acceptors (Lipinski definition) is 2. The van der Waals surface area contributed by atoms with Gasteiger partial charge in [0.25, 0.3) is 0 Å². The van der Waals surface area contributed by atoms with Gasteiger partial charge in [-0.3, -0.25) is 0 Å². The predicted octanol–water partition coefficient (Wildman–Crippen LogP) is 4.93. The summed E-state index contributed by atoms with van der Waals surface area (Å²) in [6.45, 7) is 0.631. The fourth-order valence-electron chi connectivity index (χ4n) is 1.28. The van der Waals surface area contributed by atoms with Crippen LogP contribution in [-0.2, 0) is 0 Å². The first-order valence-corrected chi connectivity index (χ1v) is 7.43. The molecular formula is C11H10Cl5NO2. The van der Waals surface area contributed by atoms with E-state index >= 15 is 0 Å². The minimum Gasteiger partial charge on any atom is -0.407 e. The lowest BCUT2D eigenvalue weighted by atomic mass is 10.3. The maximum Gasteiger partial charge on any atom is 0.415 e. The summed E-state index contributed by atoms with van der Waals surface area (Å²) in [4.78, 5) is 13.3. The molecule has 0 saturated carbocycles. The molecule has 0 aliphatic heterocycles. The first-order valence-electron chi connectivity index (χ1n) is 5.22. The van der Waals surface area contributed by atoms with Crippen LogP contribution in [0.3, 0.4) is 0 Å². The van der Waals surface area contributed by atoms with Gasteiger partial charge in [0.1, 0.15) is 0 Å².